The summed E-state index contributed by atoms with van der Waals surface area (Å²) in [6.07, 6.45) is 0.880. The summed E-state index contributed by atoms with van der Waals surface area (Å²) >= 11 is 0. The molecule has 2 heterocycles. The number of hydrogen-bond acceptors (Lipinski definition) is 5. The highest BCUT2D eigenvalue weighted by Crippen LogP contribution is 2.35. The Balaban J connectivity index is 0.00000147. The predicted octanol–water partition coefficient (Wildman–Crippen LogP) is 2.34. The van der Waals surface area contributed by atoms with Crippen LogP contribution < -0.4 is 14.2 Å². The van der Waals surface area contributed by atoms with Crippen LogP contribution in [0, 0.1) is 0 Å². The molecule has 2 aromatic rings. The van der Waals surface area contributed by atoms with Crippen molar-refractivity contribution < 1.29 is 19.3 Å². The highest BCUT2D eigenvalue weighted by atomic mass is 35.5. The molecule has 1 aliphatic heterocycles. The van der Waals surface area contributed by atoms with Crippen LogP contribution >= 0.6 is 12.4 Å². The van der Waals surface area contributed by atoms with Crippen LogP contribution in [0.4, 0.5) is 0 Å². The SMILES string of the molecule is Cl.OC(COc1ccc2c(c1)OCO2)c1ccccn1. The first-order chi connectivity index (χ1) is 9.33. The summed E-state index contributed by atoms with van der Waals surface area (Å²) in [7, 11) is 0. The van der Waals surface area contributed by atoms with Gasteiger partial charge in [0, 0.05) is 12.3 Å². The number of benzene rings is 1. The van der Waals surface area contributed by atoms with Gasteiger partial charge in [0.1, 0.15) is 18.5 Å². The molecular formula is C14H14ClNO4. The first-order valence-corrected chi connectivity index (χ1v) is 5.94. The Morgan fingerprint density at radius 1 is 1.20 bits per heavy atom. The van der Waals surface area contributed by atoms with E-state index in [1.54, 1.807) is 36.5 Å². The van der Waals surface area contributed by atoms with Crippen molar-refractivity contribution in [3.63, 3.8) is 0 Å². The van der Waals surface area contributed by atoms with Gasteiger partial charge in [0.05, 0.1) is 5.69 Å². The molecule has 5 nitrogen and oxygen atoms in total. The molecule has 1 aromatic carbocycles. The average molecular weight is 296 g/mol. The van der Waals surface area contributed by atoms with Crippen molar-refractivity contribution in [3.8, 4) is 17.2 Å². The Labute approximate surface area is 122 Å². The van der Waals surface area contributed by atoms with Gasteiger partial charge in [-0.2, -0.15) is 0 Å². The first-order valence-electron chi connectivity index (χ1n) is 5.94. The number of ether oxygens (including phenoxy) is 3. The van der Waals surface area contributed by atoms with Gasteiger partial charge in [-0.15, -0.1) is 12.4 Å². The fourth-order valence-corrected chi connectivity index (χ4v) is 1.80. The lowest BCUT2D eigenvalue weighted by molar-refractivity contribution is 0.104. The molecule has 0 bridgehead atoms. The number of rotatable bonds is 4. The summed E-state index contributed by atoms with van der Waals surface area (Å²) in [6.45, 7) is 0.367. The molecule has 1 atom stereocenters. The average Bonchev–Trinajstić information content (AvgIpc) is 2.93. The Bertz CT molecular complexity index is 564. The molecule has 1 N–H and O–H groups in total. The van der Waals surface area contributed by atoms with Crippen LogP contribution in [-0.2, 0) is 0 Å². The second-order valence-corrected chi connectivity index (χ2v) is 4.10. The molecule has 20 heavy (non-hydrogen) atoms. The molecule has 6 heteroatoms. The smallest absolute Gasteiger partial charge is 0.231 e. The summed E-state index contributed by atoms with van der Waals surface area (Å²) < 4.78 is 16.0. The molecule has 0 saturated heterocycles. The lowest BCUT2D eigenvalue weighted by Crippen LogP contribution is -2.10. The van der Waals surface area contributed by atoms with Crippen molar-refractivity contribution in [3.05, 3.63) is 48.3 Å². The van der Waals surface area contributed by atoms with Crippen LogP contribution in [-0.4, -0.2) is 23.5 Å². The molecular weight excluding hydrogens is 282 g/mol. The molecule has 106 valence electrons. The summed E-state index contributed by atoms with van der Waals surface area (Å²) in [5.74, 6) is 1.99. The summed E-state index contributed by atoms with van der Waals surface area (Å²) in [4.78, 5) is 4.07. The maximum absolute atomic E-state index is 9.93. The van der Waals surface area contributed by atoms with Crippen LogP contribution in [0.1, 0.15) is 11.8 Å². The van der Waals surface area contributed by atoms with E-state index in [9.17, 15) is 5.11 Å². The van der Waals surface area contributed by atoms with Crippen molar-refractivity contribution in [2.45, 2.75) is 6.10 Å². The van der Waals surface area contributed by atoms with E-state index in [1.807, 2.05) is 6.07 Å². The monoisotopic (exact) mass is 295 g/mol. The number of halogens is 1. The fourth-order valence-electron chi connectivity index (χ4n) is 1.80. The van der Waals surface area contributed by atoms with Gasteiger partial charge in [-0.25, -0.2) is 0 Å². The van der Waals surface area contributed by atoms with E-state index >= 15 is 0 Å². The lowest BCUT2D eigenvalue weighted by atomic mass is 10.2. The predicted molar refractivity (Wildman–Crippen MR) is 74.5 cm³/mol. The van der Waals surface area contributed by atoms with Crippen LogP contribution in [0.25, 0.3) is 0 Å². The topological polar surface area (TPSA) is 60.8 Å². The Morgan fingerprint density at radius 2 is 2.05 bits per heavy atom. The minimum atomic E-state index is -0.758. The number of pyridine rings is 1. The third-order valence-corrected chi connectivity index (χ3v) is 2.78. The molecule has 0 radical (unpaired) electrons. The molecule has 0 aliphatic carbocycles. The van der Waals surface area contributed by atoms with Gasteiger partial charge in [0.2, 0.25) is 6.79 Å². The number of fused-ring (bicyclic) bond motifs is 1. The molecule has 3 rings (SSSR count). The van der Waals surface area contributed by atoms with Crippen LogP contribution in [0.3, 0.4) is 0 Å². The second-order valence-electron chi connectivity index (χ2n) is 4.10. The zero-order valence-electron chi connectivity index (χ0n) is 10.6. The summed E-state index contributed by atoms with van der Waals surface area (Å²) in [6, 6.07) is 10.7. The van der Waals surface area contributed by atoms with Gasteiger partial charge in [0.15, 0.2) is 11.5 Å². The standard InChI is InChI=1S/C14H13NO4.ClH/c16-12(11-3-1-2-6-15-11)8-17-10-4-5-13-14(7-10)19-9-18-13;/h1-7,12,16H,8-9H2;1H. The van der Waals surface area contributed by atoms with Crippen molar-refractivity contribution in [2.24, 2.45) is 0 Å². The van der Waals surface area contributed by atoms with Gasteiger partial charge in [-0.05, 0) is 24.3 Å². The van der Waals surface area contributed by atoms with E-state index in [4.69, 9.17) is 14.2 Å². The minimum Gasteiger partial charge on any atom is -0.490 e. The van der Waals surface area contributed by atoms with E-state index in [0.29, 0.717) is 22.9 Å². The first kappa shape index (κ1) is 14.4. The molecule has 1 aromatic heterocycles. The zero-order valence-corrected chi connectivity index (χ0v) is 11.4. The van der Waals surface area contributed by atoms with Gasteiger partial charge >= 0.3 is 0 Å². The summed E-state index contributed by atoms with van der Waals surface area (Å²) in [5, 5.41) is 9.93. The van der Waals surface area contributed by atoms with Gasteiger partial charge < -0.3 is 19.3 Å². The second kappa shape index (κ2) is 6.45. The summed E-state index contributed by atoms with van der Waals surface area (Å²) in [5.41, 5.74) is 0.586. The minimum absolute atomic E-state index is 0. The van der Waals surface area contributed by atoms with E-state index in [0.717, 1.165) is 0 Å². The quantitative estimate of drug-likeness (QED) is 0.938. The van der Waals surface area contributed by atoms with Crippen LogP contribution in [0.15, 0.2) is 42.6 Å². The van der Waals surface area contributed by atoms with E-state index in [-0.39, 0.29) is 25.8 Å². The highest BCUT2D eigenvalue weighted by molar-refractivity contribution is 5.85. The molecule has 0 amide bonds. The van der Waals surface area contributed by atoms with Crippen molar-refractivity contribution in [1.82, 2.24) is 4.98 Å². The number of aromatic nitrogens is 1. The van der Waals surface area contributed by atoms with E-state index in [2.05, 4.69) is 4.98 Å². The Morgan fingerprint density at radius 3 is 2.85 bits per heavy atom. The maximum Gasteiger partial charge on any atom is 0.231 e. The van der Waals surface area contributed by atoms with E-state index in [1.165, 1.54) is 0 Å². The van der Waals surface area contributed by atoms with E-state index < -0.39 is 6.10 Å². The Kier molecular flexibility index (Phi) is 4.65. The van der Waals surface area contributed by atoms with Gasteiger partial charge in [0.25, 0.3) is 0 Å². The molecule has 0 fully saturated rings. The van der Waals surface area contributed by atoms with Crippen molar-refractivity contribution in [1.29, 1.82) is 0 Å². The van der Waals surface area contributed by atoms with Crippen LogP contribution in [0.2, 0.25) is 0 Å². The molecule has 0 spiro atoms. The van der Waals surface area contributed by atoms with Crippen molar-refractivity contribution >= 4 is 12.4 Å². The maximum atomic E-state index is 9.93. The molecule has 1 aliphatic rings. The Hall–Kier alpha value is -1.98. The molecule has 1 unspecified atom stereocenters. The van der Waals surface area contributed by atoms with Gasteiger partial charge in [-0.1, -0.05) is 6.07 Å². The van der Waals surface area contributed by atoms with Crippen LogP contribution in [0.5, 0.6) is 17.2 Å². The third-order valence-electron chi connectivity index (χ3n) is 2.78. The number of aliphatic hydroxyl groups is 1. The zero-order chi connectivity index (χ0) is 13.1. The van der Waals surface area contributed by atoms with Crippen molar-refractivity contribution in [2.75, 3.05) is 13.4 Å². The fraction of sp³-hybridized carbons (Fsp3) is 0.214. The number of hydrogen-bond donors (Lipinski definition) is 1. The number of nitrogens with zero attached hydrogens (tertiary/aromatic N) is 1. The van der Waals surface area contributed by atoms with Gasteiger partial charge in [-0.3, -0.25) is 4.98 Å². The normalized spacial score (nSPS) is 13.4. The number of aliphatic hydroxyl groups excluding tert-OH is 1. The third kappa shape index (κ3) is 3.12. The lowest BCUT2D eigenvalue weighted by Gasteiger charge is -2.12. The highest BCUT2D eigenvalue weighted by Gasteiger charge is 2.15. The molecule has 0 saturated carbocycles. The largest absolute Gasteiger partial charge is 0.490 e.